The van der Waals surface area contributed by atoms with Crippen molar-refractivity contribution in [2.75, 3.05) is 0 Å². The fraction of sp³-hybridized carbons (Fsp3) is 0.812. The van der Waals surface area contributed by atoms with Crippen LogP contribution in [0.1, 0.15) is 81.4 Å². The third-order valence-corrected chi connectivity index (χ3v) is 5.19. The summed E-state index contributed by atoms with van der Waals surface area (Å²) in [4.78, 5) is 12.7. The highest BCUT2D eigenvalue weighted by Crippen LogP contribution is 2.42. The first-order chi connectivity index (χ1) is 10.3. The topological polar surface area (TPSA) is 59.8 Å². The molecule has 5 nitrogen and oxygen atoms in total. The van der Waals surface area contributed by atoms with Crippen LogP contribution in [0.2, 0.25) is 0 Å². The molecule has 0 aromatic carbocycles. The minimum absolute atomic E-state index is 0.0612. The Labute approximate surface area is 125 Å². The van der Waals surface area contributed by atoms with Crippen molar-refractivity contribution in [3.8, 4) is 0 Å². The Hall–Kier alpha value is -1.39. The van der Waals surface area contributed by atoms with Gasteiger partial charge in [0, 0.05) is 18.4 Å². The van der Waals surface area contributed by atoms with Crippen LogP contribution < -0.4 is 5.32 Å². The summed E-state index contributed by atoms with van der Waals surface area (Å²) < 4.78 is 2.14. The Morgan fingerprint density at radius 2 is 1.76 bits per heavy atom. The molecule has 2 heterocycles. The molecule has 1 N–H and O–H groups in total. The molecule has 0 bridgehead atoms. The van der Waals surface area contributed by atoms with E-state index in [1.165, 1.54) is 38.5 Å². The first kappa shape index (κ1) is 13.3. The summed E-state index contributed by atoms with van der Waals surface area (Å²) >= 11 is 0. The van der Waals surface area contributed by atoms with Crippen LogP contribution in [0.15, 0.2) is 0 Å². The van der Waals surface area contributed by atoms with E-state index >= 15 is 0 Å². The highest BCUT2D eigenvalue weighted by molar-refractivity contribution is 5.81. The van der Waals surface area contributed by atoms with Gasteiger partial charge < -0.3 is 9.88 Å². The molecule has 2 saturated carbocycles. The maximum Gasteiger partial charge on any atom is 0.243 e. The van der Waals surface area contributed by atoms with Crippen molar-refractivity contribution in [3.05, 3.63) is 11.6 Å². The summed E-state index contributed by atoms with van der Waals surface area (Å²) in [7, 11) is 0. The average Bonchev–Trinajstić information content (AvgIpc) is 3.16. The molecule has 114 valence electrons. The molecule has 0 saturated heterocycles. The number of carbonyl (C=O) groups is 1. The lowest BCUT2D eigenvalue weighted by atomic mass is 10.1. The molecule has 1 unspecified atom stereocenters. The van der Waals surface area contributed by atoms with Crippen molar-refractivity contribution in [3.63, 3.8) is 0 Å². The number of nitrogens with zero attached hydrogens (tertiary/aromatic N) is 3. The van der Waals surface area contributed by atoms with Gasteiger partial charge in [0.15, 0.2) is 0 Å². The van der Waals surface area contributed by atoms with Gasteiger partial charge in [-0.25, -0.2) is 0 Å². The van der Waals surface area contributed by atoms with Gasteiger partial charge in [-0.1, -0.05) is 25.7 Å². The summed E-state index contributed by atoms with van der Waals surface area (Å²) in [5.41, 5.74) is 0. The summed E-state index contributed by atoms with van der Waals surface area (Å²) in [6.07, 6.45) is 11.6. The lowest BCUT2D eigenvalue weighted by Gasteiger charge is -2.21. The van der Waals surface area contributed by atoms with Crippen molar-refractivity contribution >= 4 is 5.91 Å². The number of carbonyl (C=O) groups excluding carboxylic acids is 1. The van der Waals surface area contributed by atoms with Crippen molar-refractivity contribution in [1.29, 1.82) is 0 Å². The lowest BCUT2D eigenvalue weighted by molar-refractivity contribution is -0.125. The molecule has 1 aliphatic heterocycles. The van der Waals surface area contributed by atoms with Crippen LogP contribution in [0.5, 0.6) is 0 Å². The molecule has 1 amide bonds. The Morgan fingerprint density at radius 1 is 1.00 bits per heavy atom. The molecule has 5 heteroatoms. The van der Waals surface area contributed by atoms with Crippen molar-refractivity contribution in [1.82, 2.24) is 20.1 Å². The van der Waals surface area contributed by atoms with E-state index in [9.17, 15) is 4.79 Å². The number of nitrogens with one attached hydrogen (secondary N) is 1. The Kier molecular flexibility index (Phi) is 3.43. The van der Waals surface area contributed by atoms with Gasteiger partial charge in [-0.2, -0.15) is 0 Å². The van der Waals surface area contributed by atoms with Gasteiger partial charge in [0.2, 0.25) is 5.91 Å². The second-order valence-corrected chi connectivity index (χ2v) is 6.87. The molecule has 3 aliphatic rings. The Balaban J connectivity index is 1.47. The van der Waals surface area contributed by atoms with Gasteiger partial charge in [0.1, 0.15) is 17.7 Å². The van der Waals surface area contributed by atoms with E-state index in [0.29, 0.717) is 12.0 Å². The zero-order valence-corrected chi connectivity index (χ0v) is 12.6. The average molecular weight is 288 g/mol. The van der Waals surface area contributed by atoms with Crippen LogP contribution >= 0.6 is 0 Å². The molecule has 1 atom stereocenters. The molecule has 4 rings (SSSR count). The zero-order valence-electron chi connectivity index (χ0n) is 12.6. The van der Waals surface area contributed by atoms with Gasteiger partial charge in [0.05, 0.1) is 0 Å². The molecule has 2 fully saturated rings. The Bertz CT molecular complexity index is 526. The van der Waals surface area contributed by atoms with Crippen LogP contribution in [0, 0.1) is 0 Å². The van der Waals surface area contributed by atoms with E-state index in [4.69, 9.17) is 0 Å². The normalized spacial score (nSPS) is 26.4. The molecule has 2 aliphatic carbocycles. The number of hydrogen-bond donors (Lipinski definition) is 1. The van der Waals surface area contributed by atoms with Gasteiger partial charge in [0.25, 0.3) is 0 Å². The van der Waals surface area contributed by atoms with Crippen LogP contribution in [0.4, 0.5) is 0 Å². The molecule has 1 aromatic rings. The second-order valence-electron chi connectivity index (χ2n) is 6.87. The van der Waals surface area contributed by atoms with Crippen molar-refractivity contribution in [2.45, 2.75) is 82.2 Å². The minimum atomic E-state index is -0.0612. The first-order valence-electron chi connectivity index (χ1n) is 8.57. The third kappa shape index (κ3) is 2.58. The lowest BCUT2D eigenvalue weighted by Crippen LogP contribution is -2.39. The van der Waals surface area contributed by atoms with Gasteiger partial charge in [-0.05, 0) is 32.1 Å². The number of fused-ring (bicyclic) bond motifs is 1. The predicted molar refractivity (Wildman–Crippen MR) is 79.0 cm³/mol. The van der Waals surface area contributed by atoms with E-state index in [1.54, 1.807) is 0 Å². The second kappa shape index (κ2) is 5.43. The molecule has 0 radical (unpaired) electrons. The standard InChI is InChI=1S/C16H24N4O/c21-16(17-12-5-3-1-2-4-6-12)13-9-10-14-18-19-15(20(13)14)11-7-8-11/h11-13H,1-10H2,(H,17,21). The summed E-state index contributed by atoms with van der Waals surface area (Å²) in [5, 5.41) is 11.9. The minimum Gasteiger partial charge on any atom is -0.352 e. The zero-order chi connectivity index (χ0) is 14.2. The monoisotopic (exact) mass is 288 g/mol. The van der Waals surface area contributed by atoms with E-state index in [-0.39, 0.29) is 11.9 Å². The molecular formula is C16H24N4O. The van der Waals surface area contributed by atoms with Gasteiger partial charge in [-0.15, -0.1) is 10.2 Å². The molecule has 1 aromatic heterocycles. The molecule has 21 heavy (non-hydrogen) atoms. The molecule has 0 spiro atoms. The third-order valence-electron chi connectivity index (χ3n) is 5.19. The first-order valence-corrected chi connectivity index (χ1v) is 8.57. The van der Waals surface area contributed by atoms with E-state index in [0.717, 1.165) is 37.3 Å². The van der Waals surface area contributed by atoms with Crippen LogP contribution in [0.3, 0.4) is 0 Å². The summed E-state index contributed by atoms with van der Waals surface area (Å²) in [6.45, 7) is 0. The van der Waals surface area contributed by atoms with Gasteiger partial charge >= 0.3 is 0 Å². The molecular weight excluding hydrogens is 264 g/mol. The van der Waals surface area contributed by atoms with Crippen molar-refractivity contribution < 1.29 is 4.79 Å². The van der Waals surface area contributed by atoms with Crippen LogP contribution in [-0.4, -0.2) is 26.7 Å². The Morgan fingerprint density at radius 3 is 2.48 bits per heavy atom. The highest BCUT2D eigenvalue weighted by atomic mass is 16.2. The summed E-state index contributed by atoms with van der Waals surface area (Å²) in [5.74, 6) is 2.82. The van der Waals surface area contributed by atoms with Crippen LogP contribution in [-0.2, 0) is 11.2 Å². The number of hydrogen-bond acceptors (Lipinski definition) is 3. The predicted octanol–water partition coefficient (Wildman–Crippen LogP) is 2.48. The number of aryl methyl sites for hydroxylation is 1. The summed E-state index contributed by atoms with van der Waals surface area (Å²) in [6, 6.07) is 0.318. The van der Waals surface area contributed by atoms with E-state index < -0.39 is 0 Å². The maximum absolute atomic E-state index is 12.7. The number of amides is 1. The highest BCUT2D eigenvalue weighted by Gasteiger charge is 2.38. The smallest absolute Gasteiger partial charge is 0.243 e. The number of rotatable bonds is 3. The quantitative estimate of drug-likeness (QED) is 0.869. The largest absolute Gasteiger partial charge is 0.352 e. The fourth-order valence-electron chi connectivity index (χ4n) is 3.83. The van der Waals surface area contributed by atoms with Crippen molar-refractivity contribution in [2.24, 2.45) is 0 Å². The van der Waals surface area contributed by atoms with E-state index in [1.807, 2.05) is 0 Å². The van der Waals surface area contributed by atoms with E-state index in [2.05, 4.69) is 20.1 Å². The SMILES string of the molecule is O=C(NC1CCCCCC1)C1CCc2nnc(C3CC3)n21. The van der Waals surface area contributed by atoms with Gasteiger partial charge in [-0.3, -0.25) is 4.79 Å². The fourth-order valence-corrected chi connectivity index (χ4v) is 3.83. The van der Waals surface area contributed by atoms with Crippen LogP contribution in [0.25, 0.3) is 0 Å². The number of aromatic nitrogens is 3. The maximum atomic E-state index is 12.7.